The zero-order chi connectivity index (χ0) is 18.0. The van der Waals surface area contributed by atoms with Crippen molar-refractivity contribution in [3.8, 4) is 6.07 Å². The highest BCUT2D eigenvalue weighted by Crippen LogP contribution is 2.20. The monoisotopic (exact) mass is 350 g/mol. The number of thiazole rings is 1. The van der Waals surface area contributed by atoms with Gasteiger partial charge in [0.1, 0.15) is 22.3 Å². The first-order chi connectivity index (χ1) is 12.0. The molecule has 0 radical (unpaired) electrons. The van der Waals surface area contributed by atoms with Crippen molar-refractivity contribution in [3.05, 3.63) is 55.9 Å². The summed E-state index contributed by atoms with van der Waals surface area (Å²) in [5.41, 5.74) is 2.30. The fourth-order valence-corrected chi connectivity index (χ4v) is 3.36. The first kappa shape index (κ1) is 17.1. The Kier molecular flexibility index (Phi) is 4.77. The number of rotatable bonds is 4. The van der Waals surface area contributed by atoms with Crippen molar-refractivity contribution >= 4 is 34.5 Å². The van der Waals surface area contributed by atoms with Crippen molar-refractivity contribution in [2.45, 2.75) is 33.2 Å². The van der Waals surface area contributed by atoms with Gasteiger partial charge in [-0.25, -0.2) is 9.97 Å². The molecule has 0 fully saturated rings. The molecule has 0 aromatic carbocycles. The molecule has 3 aromatic heterocycles. The first-order valence-electron chi connectivity index (χ1n) is 8.11. The summed E-state index contributed by atoms with van der Waals surface area (Å²) in [5, 5.41) is 12.6. The van der Waals surface area contributed by atoms with Crippen LogP contribution in [0.2, 0.25) is 0 Å². The van der Waals surface area contributed by atoms with Gasteiger partial charge in [-0.2, -0.15) is 5.26 Å². The zero-order valence-corrected chi connectivity index (χ0v) is 15.2. The van der Waals surface area contributed by atoms with E-state index in [-0.39, 0.29) is 11.0 Å². The molecule has 0 saturated heterocycles. The van der Waals surface area contributed by atoms with Crippen LogP contribution in [0.5, 0.6) is 0 Å². The summed E-state index contributed by atoms with van der Waals surface area (Å²) in [6.07, 6.45) is 5.40. The fourth-order valence-electron chi connectivity index (χ4n) is 2.49. The van der Waals surface area contributed by atoms with Crippen molar-refractivity contribution in [1.29, 1.82) is 5.26 Å². The van der Waals surface area contributed by atoms with E-state index >= 15 is 0 Å². The SMILES string of the molecule is CCn1cc(C#N)c(=O)c2ccc(/C=C/c3nc(C(C)C)cs3)nc21. The lowest BCUT2D eigenvalue weighted by molar-refractivity contribution is 0.775. The molecule has 5 nitrogen and oxygen atoms in total. The molecule has 0 bridgehead atoms. The van der Waals surface area contributed by atoms with Crippen LogP contribution in [0.4, 0.5) is 0 Å². The highest BCUT2D eigenvalue weighted by molar-refractivity contribution is 7.10. The van der Waals surface area contributed by atoms with Gasteiger partial charge in [0.25, 0.3) is 0 Å². The Hall–Kier alpha value is -2.78. The van der Waals surface area contributed by atoms with Crippen LogP contribution in [0.25, 0.3) is 23.2 Å². The Morgan fingerprint density at radius 1 is 1.32 bits per heavy atom. The van der Waals surface area contributed by atoms with Gasteiger partial charge in [0.15, 0.2) is 0 Å². The van der Waals surface area contributed by atoms with Crippen LogP contribution in [-0.4, -0.2) is 14.5 Å². The van der Waals surface area contributed by atoms with E-state index in [4.69, 9.17) is 5.26 Å². The van der Waals surface area contributed by atoms with Crippen LogP contribution in [0.1, 0.15) is 48.6 Å². The highest BCUT2D eigenvalue weighted by Gasteiger charge is 2.09. The number of hydrogen-bond acceptors (Lipinski definition) is 5. The van der Waals surface area contributed by atoms with Crippen LogP contribution in [-0.2, 0) is 6.54 Å². The maximum atomic E-state index is 12.3. The Morgan fingerprint density at radius 3 is 2.76 bits per heavy atom. The summed E-state index contributed by atoms with van der Waals surface area (Å²) < 4.78 is 1.83. The summed E-state index contributed by atoms with van der Waals surface area (Å²) in [6.45, 7) is 6.83. The number of aryl methyl sites for hydroxylation is 1. The van der Waals surface area contributed by atoms with Gasteiger partial charge in [0.05, 0.1) is 16.8 Å². The molecule has 6 heteroatoms. The van der Waals surface area contributed by atoms with Crippen molar-refractivity contribution in [1.82, 2.24) is 14.5 Å². The van der Waals surface area contributed by atoms with Crippen LogP contribution < -0.4 is 5.43 Å². The summed E-state index contributed by atoms with van der Waals surface area (Å²) in [7, 11) is 0. The molecule has 3 heterocycles. The van der Waals surface area contributed by atoms with E-state index in [1.165, 1.54) is 0 Å². The molecule has 0 amide bonds. The molecule has 25 heavy (non-hydrogen) atoms. The molecule has 0 aliphatic carbocycles. The summed E-state index contributed by atoms with van der Waals surface area (Å²) in [5.74, 6) is 0.408. The van der Waals surface area contributed by atoms with Gasteiger partial charge in [-0.05, 0) is 37.1 Å². The molecule has 3 rings (SSSR count). The van der Waals surface area contributed by atoms with Crippen molar-refractivity contribution in [3.63, 3.8) is 0 Å². The molecular formula is C19H18N4OS. The highest BCUT2D eigenvalue weighted by atomic mass is 32.1. The summed E-state index contributed by atoms with van der Waals surface area (Å²) in [6, 6.07) is 5.48. The maximum Gasteiger partial charge on any atom is 0.208 e. The maximum absolute atomic E-state index is 12.3. The lowest BCUT2D eigenvalue weighted by atomic mass is 10.2. The van der Waals surface area contributed by atoms with Crippen molar-refractivity contribution in [2.75, 3.05) is 0 Å². The van der Waals surface area contributed by atoms with Gasteiger partial charge in [-0.1, -0.05) is 13.8 Å². The second-order valence-corrected chi connectivity index (χ2v) is 6.87. The molecule has 0 unspecified atom stereocenters. The molecule has 3 aromatic rings. The number of aromatic nitrogens is 3. The third kappa shape index (κ3) is 3.37. The molecule has 0 spiro atoms. The van der Waals surface area contributed by atoms with Gasteiger partial charge in [0.2, 0.25) is 5.43 Å². The normalized spacial score (nSPS) is 11.5. The molecule has 0 saturated carbocycles. The van der Waals surface area contributed by atoms with Crippen molar-refractivity contribution < 1.29 is 0 Å². The average Bonchev–Trinajstić information content (AvgIpc) is 3.10. The number of hydrogen-bond donors (Lipinski definition) is 0. The standard InChI is InChI=1S/C19H18N4OS/c1-4-23-10-13(9-20)18(24)15-7-5-14(21-19(15)23)6-8-17-22-16(11-25-17)12(2)3/h5-8,10-12H,4H2,1-3H3/b8-6+. The minimum atomic E-state index is -0.272. The van der Waals surface area contributed by atoms with Crippen molar-refractivity contribution in [2.24, 2.45) is 0 Å². The average molecular weight is 350 g/mol. The van der Waals surface area contributed by atoms with Crippen LogP contribution in [0, 0.1) is 11.3 Å². The third-order valence-corrected chi connectivity index (χ3v) is 4.76. The molecule has 0 aliphatic heterocycles. The van der Waals surface area contributed by atoms with E-state index in [0.29, 0.717) is 23.5 Å². The number of fused-ring (bicyclic) bond motifs is 1. The molecule has 0 aliphatic rings. The van der Waals surface area contributed by atoms with Crippen LogP contribution >= 0.6 is 11.3 Å². The largest absolute Gasteiger partial charge is 0.331 e. The second kappa shape index (κ2) is 6.99. The Bertz CT molecular complexity index is 1050. The molecule has 0 atom stereocenters. The van der Waals surface area contributed by atoms with Crippen LogP contribution in [0.3, 0.4) is 0 Å². The minimum absolute atomic E-state index is 0.142. The van der Waals surface area contributed by atoms with Gasteiger partial charge in [0, 0.05) is 18.1 Å². The second-order valence-electron chi connectivity index (χ2n) is 5.98. The number of nitriles is 1. The van der Waals surface area contributed by atoms with Gasteiger partial charge >= 0.3 is 0 Å². The summed E-state index contributed by atoms with van der Waals surface area (Å²) >= 11 is 1.60. The molecule has 0 N–H and O–H groups in total. The minimum Gasteiger partial charge on any atom is -0.331 e. The van der Waals surface area contributed by atoms with E-state index < -0.39 is 0 Å². The zero-order valence-electron chi connectivity index (χ0n) is 14.4. The van der Waals surface area contributed by atoms with Crippen LogP contribution in [0.15, 0.2) is 28.5 Å². The Morgan fingerprint density at radius 2 is 2.12 bits per heavy atom. The smallest absolute Gasteiger partial charge is 0.208 e. The predicted molar refractivity (Wildman–Crippen MR) is 102 cm³/mol. The van der Waals surface area contributed by atoms with E-state index in [1.54, 1.807) is 29.7 Å². The van der Waals surface area contributed by atoms with E-state index in [1.807, 2.05) is 29.7 Å². The van der Waals surface area contributed by atoms with Gasteiger partial charge < -0.3 is 4.57 Å². The van der Waals surface area contributed by atoms with E-state index in [9.17, 15) is 4.79 Å². The third-order valence-electron chi connectivity index (χ3n) is 3.93. The number of nitrogens with zero attached hydrogens (tertiary/aromatic N) is 4. The molecule has 126 valence electrons. The van der Waals surface area contributed by atoms with Gasteiger partial charge in [-0.15, -0.1) is 11.3 Å². The first-order valence-corrected chi connectivity index (χ1v) is 8.99. The lowest BCUT2D eigenvalue weighted by Gasteiger charge is -2.08. The Balaban J connectivity index is 2.02. The number of pyridine rings is 2. The van der Waals surface area contributed by atoms with E-state index in [0.717, 1.165) is 16.4 Å². The summed E-state index contributed by atoms with van der Waals surface area (Å²) in [4.78, 5) is 21.4. The quantitative estimate of drug-likeness (QED) is 0.712. The fraction of sp³-hybridized carbons (Fsp3) is 0.263. The van der Waals surface area contributed by atoms with Gasteiger partial charge in [-0.3, -0.25) is 4.79 Å². The molecular weight excluding hydrogens is 332 g/mol. The lowest BCUT2D eigenvalue weighted by Crippen LogP contribution is -2.13. The van der Waals surface area contributed by atoms with E-state index in [2.05, 4.69) is 29.2 Å². The Labute approximate surface area is 149 Å². The topological polar surface area (TPSA) is 71.6 Å². The predicted octanol–water partition coefficient (Wildman–Crippen LogP) is 4.04.